The van der Waals surface area contributed by atoms with E-state index in [1.807, 2.05) is 19.2 Å². The van der Waals surface area contributed by atoms with Gasteiger partial charge in [-0.25, -0.2) is 9.59 Å². The maximum absolute atomic E-state index is 12.9. The van der Waals surface area contributed by atoms with Gasteiger partial charge in [0.05, 0.1) is 19.8 Å². The van der Waals surface area contributed by atoms with E-state index in [-0.39, 0.29) is 30.7 Å². The van der Waals surface area contributed by atoms with Crippen LogP contribution in [-0.2, 0) is 36.6 Å². The summed E-state index contributed by atoms with van der Waals surface area (Å²) in [6.45, 7) is 4.01. The van der Waals surface area contributed by atoms with Gasteiger partial charge in [-0.15, -0.1) is 0 Å². The van der Waals surface area contributed by atoms with Crippen molar-refractivity contribution in [3.05, 3.63) is 29.3 Å². The summed E-state index contributed by atoms with van der Waals surface area (Å²) in [4.78, 5) is 26.6. The van der Waals surface area contributed by atoms with Crippen LogP contribution in [0, 0.1) is 17.8 Å². The number of hydrogen-bond acceptors (Lipinski definition) is 8. The number of aliphatic hydroxyl groups is 1. The average Bonchev–Trinajstić information content (AvgIpc) is 3.22. The fourth-order valence-electron chi connectivity index (χ4n) is 6.56. The molecule has 0 unspecified atom stereocenters. The Morgan fingerprint density at radius 2 is 2.05 bits per heavy atom. The first kappa shape index (κ1) is 28.8. The first-order chi connectivity index (χ1) is 18.4. The molecular weight excluding hydrogens is 486 g/mol. The van der Waals surface area contributed by atoms with E-state index < -0.39 is 12.1 Å². The summed E-state index contributed by atoms with van der Waals surface area (Å²) in [5, 5.41) is 11.1. The molecule has 1 aliphatic heterocycles. The van der Waals surface area contributed by atoms with Crippen LogP contribution in [0.15, 0.2) is 18.2 Å². The highest BCUT2D eigenvalue weighted by atomic mass is 16.6. The highest BCUT2D eigenvalue weighted by Gasteiger charge is 2.45. The lowest BCUT2D eigenvalue weighted by atomic mass is 9.73. The summed E-state index contributed by atoms with van der Waals surface area (Å²) < 4.78 is 22.2. The Bertz CT molecular complexity index is 937. The van der Waals surface area contributed by atoms with Crippen LogP contribution in [0.2, 0.25) is 0 Å². The molecule has 212 valence electrons. The smallest absolute Gasteiger partial charge is 0.343 e. The molecule has 1 N–H and O–H groups in total. The van der Waals surface area contributed by atoms with Gasteiger partial charge in [0.25, 0.3) is 0 Å². The molecule has 1 saturated heterocycles. The van der Waals surface area contributed by atoms with Gasteiger partial charge < -0.3 is 29.0 Å². The molecule has 8 nitrogen and oxygen atoms in total. The molecule has 4 rings (SSSR count). The number of rotatable bonds is 12. The number of ether oxygens (including phenoxy) is 4. The van der Waals surface area contributed by atoms with Crippen molar-refractivity contribution in [2.75, 3.05) is 40.5 Å². The van der Waals surface area contributed by atoms with Gasteiger partial charge in [-0.3, -0.25) is 0 Å². The topological polar surface area (TPSA) is 94.5 Å². The molecule has 2 fully saturated rings. The third-order valence-corrected chi connectivity index (χ3v) is 8.69. The molecule has 3 aliphatic rings. The molecular formula is C30H45NO7. The Balaban J connectivity index is 1.38. The number of carbonyl (C=O) groups excluding carboxylic acids is 2. The van der Waals surface area contributed by atoms with Gasteiger partial charge >= 0.3 is 11.9 Å². The number of fused-ring (bicyclic) bond motifs is 2. The van der Waals surface area contributed by atoms with E-state index in [0.717, 1.165) is 75.6 Å². The molecule has 0 bridgehead atoms. The quantitative estimate of drug-likeness (QED) is 0.323. The van der Waals surface area contributed by atoms with Crippen molar-refractivity contribution >= 4 is 11.9 Å². The maximum Gasteiger partial charge on any atom is 0.343 e. The summed E-state index contributed by atoms with van der Waals surface area (Å²) >= 11 is 0. The second kappa shape index (κ2) is 13.8. The van der Waals surface area contributed by atoms with Crippen LogP contribution in [0.1, 0.15) is 63.0 Å². The molecule has 38 heavy (non-hydrogen) atoms. The number of methoxy groups -OCH3 is 1. The molecule has 1 aromatic carbocycles. The molecule has 1 aromatic rings. The van der Waals surface area contributed by atoms with Crippen molar-refractivity contribution in [1.82, 2.24) is 4.90 Å². The Kier molecular flexibility index (Phi) is 10.4. The van der Waals surface area contributed by atoms with Crippen LogP contribution in [-0.4, -0.2) is 80.7 Å². The van der Waals surface area contributed by atoms with Crippen LogP contribution >= 0.6 is 0 Å². The minimum absolute atomic E-state index is 0.105. The molecule has 0 amide bonds. The second-order valence-electron chi connectivity index (χ2n) is 11.3. The lowest BCUT2D eigenvalue weighted by molar-refractivity contribution is -0.168. The number of benzene rings is 1. The monoisotopic (exact) mass is 531 g/mol. The molecule has 6 atom stereocenters. The van der Waals surface area contributed by atoms with Gasteiger partial charge in [-0.1, -0.05) is 31.9 Å². The van der Waals surface area contributed by atoms with E-state index in [2.05, 4.69) is 17.9 Å². The summed E-state index contributed by atoms with van der Waals surface area (Å²) in [5.74, 6) is 1.02. The second-order valence-corrected chi connectivity index (χ2v) is 11.3. The number of hydrogen-bond donors (Lipinski definition) is 1. The molecule has 1 heterocycles. The highest BCUT2D eigenvalue weighted by molar-refractivity contribution is 5.75. The number of esters is 2. The Morgan fingerprint density at radius 1 is 1.21 bits per heavy atom. The zero-order valence-corrected chi connectivity index (χ0v) is 23.2. The number of unbranched alkanes of at least 4 members (excludes halogenated alkanes) is 2. The largest absolute Gasteiger partial charge is 0.482 e. The SMILES string of the molecule is CCCCC[C@H](CC[C@@H]1[C@H]2Cc3cccc(OCC(=O)OC)c3C[C@H]2C[C@H]1O)OC(=O)[C@H]1CN(C)CCO1. The standard InChI is InChI=1S/C30H45NO7/c1-4-5-6-9-22(38-30(34)28-18-31(2)13-14-36-28)11-12-23-24-15-20-8-7-10-27(37-19-29(33)35-3)25(20)16-21(24)17-26(23)32/h7-8,10,21-24,26,28,32H,4-6,9,11-19H2,1-3H3/t21-,22+,23+,24-,26+,28+/m0/s1. The average molecular weight is 532 g/mol. The van der Waals surface area contributed by atoms with Crippen LogP contribution in [0.25, 0.3) is 0 Å². The first-order valence-corrected chi connectivity index (χ1v) is 14.4. The number of carbonyl (C=O) groups is 2. The van der Waals surface area contributed by atoms with Gasteiger partial charge in [-0.05, 0) is 86.9 Å². The molecule has 0 aromatic heterocycles. The minimum Gasteiger partial charge on any atom is -0.482 e. The first-order valence-electron chi connectivity index (χ1n) is 14.4. The van der Waals surface area contributed by atoms with Crippen molar-refractivity contribution in [1.29, 1.82) is 0 Å². The molecule has 1 saturated carbocycles. The highest BCUT2D eigenvalue weighted by Crippen LogP contribution is 2.48. The zero-order valence-electron chi connectivity index (χ0n) is 23.2. The molecule has 0 spiro atoms. The summed E-state index contributed by atoms with van der Waals surface area (Å²) in [6.07, 6.45) is 7.18. The van der Waals surface area contributed by atoms with E-state index >= 15 is 0 Å². The van der Waals surface area contributed by atoms with Gasteiger partial charge in [0.15, 0.2) is 12.7 Å². The van der Waals surface area contributed by atoms with Crippen molar-refractivity contribution in [2.24, 2.45) is 17.8 Å². The Morgan fingerprint density at radius 3 is 2.82 bits per heavy atom. The van der Waals surface area contributed by atoms with Gasteiger partial charge in [-0.2, -0.15) is 0 Å². The molecule has 0 radical (unpaired) electrons. The van der Waals surface area contributed by atoms with Crippen LogP contribution in [0.5, 0.6) is 5.75 Å². The van der Waals surface area contributed by atoms with Gasteiger partial charge in [0.1, 0.15) is 11.9 Å². The van der Waals surface area contributed by atoms with Gasteiger partial charge in [0.2, 0.25) is 0 Å². The predicted octanol–water partition coefficient (Wildman–Crippen LogP) is 3.55. The van der Waals surface area contributed by atoms with E-state index in [9.17, 15) is 14.7 Å². The lowest BCUT2D eigenvalue weighted by Crippen LogP contribution is -2.45. The minimum atomic E-state index is -0.519. The van der Waals surface area contributed by atoms with Crippen molar-refractivity contribution in [2.45, 2.75) is 83.0 Å². The van der Waals surface area contributed by atoms with E-state index in [4.69, 9.17) is 18.9 Å². The Labute approximate surface area is 227 Å². The fraction of sp³-hybridized carbons (Fsp3) is 0.733. The third-order valence-electron chi connectivity index (χ3n) is 8.69. The zero-order chi connectivity index (χ0) is 27.1. The number of aliphatic hydroxyl groups excluding tert-OH is 1. The van der Waals surface area contributed by atoms with Crippen LogP contribution < -0.4 is 4.74 Å². The predicted molar refractivity (Wildman–Crippen MR) is 143 cm³/mol. The summed E-state index contributed by atoms with van der Waals surface area (Å²) in [5.41, 5.74) is 2.38. The van der Waals surface area contributed by atoms with Gasteiger partial charge in [0, 0.05) is 13.1 Å². The number of likely N-dealkylation sites (N-methyl/N-ethyl adjacent to an activating group) is 1. The van der Waals surface area contributed by atoms with Crippen molar-refractivity contribution in [3.63, 3.8) is 0 Å². The molecule has 8 heteroatoms. The van der Waals surface area contributed by atoms with Crippen molar-refractivity contribution < 1.29 is 33.6 Å². The van der Waals surface area contributed by atoms with E-state index in [1.54, 1.807) is 0 Å². The number of morpholine rings is 1. The van der Waals surface area contributed by atoms with Crippen molar-refractivity contribution in [3.8, 4) is 5.75 Å². The Hall–Kier alpha value is -2.16. The van der Waals surface area contributed by atoms with Crippen LogP contribution in [0.3, 0.4) is 0 Å². The lowest BCUT2D eigenvalue weighted by Gasteiger charge is -2.33. The maximum atomic E-state index is 12.9. The van der Waals surface area contributed by atoms with Crippen LogP contribution in [0.4, 0.5) is 0 Å². The molecule has 2 aliphatic carbocycles. The number of nitrogens with zero attached hydrogens (tertiary/aromatic N) is 1. The third kappa shape index (κ3) is 7.27. The fourth-order valence-corrected chi connectivity index (χ4v) is 6.56. The van der Waals surface area contributed by atoms with E-state index in [1.165, 1.54) is 12.7 Å². The summed E-state index contributed by atoms with van der Waals surface area (Å²) in [7, 11) is 3.35. The normalized spacial score (nSPS) is 27.7. The van der Waals surface area contributed by atoms with E-state index in [0.29, 0.717) is 25.0 Å². The summed E-state index contributed by atoms with van der Waals surface area (Å²) in [6, 6.07) is 6.02.